The van der Waals surface area contributed by atoms with Crippen LogP contribution in [0.15, 0.2) is 6.07 Å². The molecule has 2 saturated carbocycles. The van der Waals surface area contributed by atoms with Gasteiger partial charge in [-0.25, -0.2) is 18.7 Å². The number of ether oxygens (including phenoxy) is 1. The summed E-state index contributed by atoms with van der Waals surface area (Å²) in [5.74, 6) is -1.60. The van der Waals surface area contributed by atoms with E-state index in [0.29, 0.717) is 35.3 Å². The van der Waals surface area contributed by atoms with Crippen molar-refractivity contribution in [2.24, 2.45) is 0 Å². The maximum atomic E-state index is 15.7. The first-order valence-electron chi connectivity index (χ1n) is 13.2. The largest absolute Gasteiger partial charge is 0.381 e. The molecule has 0 radical (unpaired) electrons. The Morgan fingerprint density at radius 3 is 2.36 bits per heavy atom. The van der Waals surface area contributed by atoms with Crippen molar-refractivity contribution in [3.8, 4) is 0 Å². The van der Waals surface area contributed by atoms with Crippen molar-refractivity contribution >= 4 is 17.5 Å². The average Bonchev–Trinajstić information content (AvgIpc) is 3.62. The maximum absolute atomic E-state index is 15.7. The summed E-state index contributed by atoms with van der Waals surface area (Å²) < 4.78 is 47.7. The highest BCUT2D eigenvalue weighted by molar-refractivity contribution is 5.59. The summed E-state index contributed by atoms with van der Waals surface area (Å²) >= 11 is 0. The smallest absolute Gasteiger partial charge is 0.249 e. The van der Waals surface area contributed by atoms with Crippen molar-refractivity contribution in [1.29, 1.82) is 0 Å². The molecule has 2 aromatic heterocycles. The first kappa shape index (κ1) is 24.0. The number of H-pyrrole nitrogens is 1. The van der Waals surface area contributed by atoms with E-state index in [1.165, 1.54) is 0 Å². The number of aromatic amines is 1. The standard InChI is InChI=1S/C25H34F3N7O/c1-36-18-6-10-34(11-7-18)17-4-8-35(9-5-17)24-21(26)23(30-22(31-24)15-2-3-15)29-20-12-19(32-33-20)16-13-25(27,28)14-16/h12,15-18H,2-11,13-14H2,1H3,(H2,29,30,31,32,33). The maximum Gasteiger partial charge on any atom is 0.249 e. The lowest BCUT2D eigenvalue weighted by molar-refractivity contribution is -0.0876. The van der Waals surface area contributed by atoms with Crippen LogP contribution in [-0.2, 0) is 4.74 Å². The quantitative estimate of drug-likeness (QED) is 0.571. The van der Waals surface area contributed by atoms with Gasteiger partial charge in [0, 0.05) is 75.8 Å². The van der Waals surface area contributed by atoms with Gasteiger partial charge in [-0.1, -0.05) is 0 Å². The Balaban J connectivity index is 1.14. The summed E-state index contributed by atoms with van der Waals surface area (Å²) in [5, 5.41) is 9.98. The Labute approximate surface area is 209 Å². The zero-order valence-corrected chi connectivity index (χ0v) is 20.7. The molecule has 11 heteroatoms. The SMILES string of the molecule is COC1CCN(C2CCN(c3nc(C4CC4)nc(Nc4cc(C5CC(F)(F)C5)[nH]n4)c3F)CC2)CC1. The molecule has 2 saturated heterocycles. The number of anilines is 3. The Hall–Kier alpha value is -2.40. The number of nitrogens with zero attached hydrogens (tertiary/aromatic N) is 5. The van der Waals surface area contributed by atoms with Crippen LogP contribution in [0.4, 0.5) is 30.6 Å². The van der Waals surface area contributed by atoms with Gasteiger partial charge in [0.1, 0.15) is 5.82 Å². The fraction of sp³-hybridized carbons (Fsp3) is 0.720. The van der Waals surface area contributed by atoms with Crippen LogP contribution in [0.25, 0.3) is 0 Å². The first-order chi connectivity index (χ1) is 17.4. The number of hydrogen-bond acceptors (Lipinski definition) is 7. The van der Waals surface area contributed by atoms with Gasteiger partial charge in [0.25, 0.3) is 0 Å². The third kappa shape index (κ3) is 4.91. The Kier molecular flexibility index (Phi) is 6.31. The fourth-order valence-electron chi connectivity index (χ4n) is 5.80. The molecule has 2 aliphatic heterocycles. The molecular formula is C25H34F3N7O. The second-order valence-corrected chi connectivity index (χ2v) is 10.8. The summed E-state index contributed by atoms with van der Waals surface area (Å²) in [6.45, 7) is 3.59. The van der Waals surface area contributed by atoms with E-state index in [9.17, 15) is 8.78 Å². The summed E-state index contributed by atoms with van der Waals surface area (Å²) in [5.41, 5.74) is 0.636. The van der Waals surface area contributed by atoms with Crippen molar-refractivity contribution in [1.82, 2.24) is 25.1 Å². The van der Waals surface area contributed by atoms with Crippen molar-refractivity contribution in [3.63, 3.8) is 0 Å². The van der Waals surface area contributed by atoms with Crippen molar-refractivity contribution in [2.45, 2.75) is 81.3 Å². The molecule has 0 bridgehead atoms. The molecule has 0 spiro atoms. The first-order valence-corrected chi connectivity index (χ1v) is 13.2. The van der Waals surface area contributed by atoms with E-state index >= 15 is 4.39 Å². The van der Waals surface area contributed by atoms with Gasteiger partial charge < -0.3 is 19.9 Å². The number of rotatable bonds is 7. The van der Waals surface area contributed by atoms with Gasteiger partial charge >= 0.3 is 0 Å². The number of likely N-dealkylation sites (tertiary alicyclic amines) is 1. The molecule has 2 aliphatic carbocycles. The van der Waals surface area contributed by atoms with Gasteiger partial charge in [0.2, 0.25) is 11.7 Å². The van der Waals surface area contributed by atoms with E-state index in [1.54, 1.807) is 13.2 Å². The minimum Gasteiger partial charge on any atom is -0.381 e. The number of halogens is 3. The van der Waals surface area contributed by atoms with Crippen LogP contribution in [0.2, 0.25) is 0 Å². The molecule has 0 atom stereocenters. The Morgan fingerprint density at radius 2 is 1.72 bits per heavy atom. The molecule has 36 heavy (non-hydrogen) atoms. The van der Waals surface area contributed by atoms with Gasteiger partial charge in [-0.05, 0) is 38.5 Å². The number of piperidine rings is 2. The number of nitrogens with one attached hydrogen (secondary N) is 2. The third-order valence-corrected chi connectivity index (χ3v) is 8.26. The fourth-order valence-corrected chi connectivity index (χ4v) is 5.80. The van der Waals surface area contributed by atoms with Gasteiger partial charge in [-0.15, -0.1) is 0 Å². The Morgan fingerprint density at radius 1 is 1.00 bits per heavy atom. The molecule has 6 rings (SSSR count). The molecule has 4 aliphatic rings. The van der Waals surface area contributed by atoms with Crippen LogP contribution >= 0.6 is 0 Å². The lowest BCUT2D eigenvalue weighted by atomic mass is 9.79. The highest BCUT2D eigenvalue weighted by Gasteiger charge is 2.46. The molecule has 4 fully saturated rings. The number of methoxy groups -OCH3 is 1. The van der Waals surface area contributed by atoms with E-state index in [2.05, 4.69) is 30.4 Å². The van der Waals surface area contributed by atoms with Crippen LogP contribution in [0.5, 0.6) is 0 Å². The lowest BCUT2D eigenvalue weighted by Crippen LogP contribution is -2.49. The topological polar surface area (TPSA) is 82.2 Å². The minimum absolute atomic E-state index is 0.0997. The summed E-state index contributed by atoms with van der Waals surface area (Å²) in [6.07, 6.45) is 6.07. The van der Waals surface area contributed by atoms with Crippen molar-refractivity contribution < 1.29 is 17.9 Å². The predicted octanol–water partition coefficient (Wildman–Crippen LogP) is 4.55. The van der Waals surface area contributed by atoms with Gasteiger partial charge in [0.15, 0.2) is 17.5 Å². The molecule has 0 unspecified atom stereocenters. The molecule has 0 aromatic carbocycles. The normalized spacial score (nSPS) is 24.2. The van der Waals surface area contributed by atoms with E-state index in [-0.39, 0.29) is 30.5 Å². The van der Waals surface area contributed by atoms with E-state index in [4.69, 9.17) is 4.74 Å². The zero-order valence-electron chi connectivity index (χ0n) is 20.7. The highest BCUT2D eigenvalue weighted by Crippen LogP contribution is 2.48. The molecular weight excluding hydrogens is 471 g/mol. The predicted molar refractivity (Wildman–Crippen MR) is 130 cm³/mol. The van der Waals surface area contributed by atoms with Gasteiger partial charge in [-0.3, -0.25) is 5.10 Å². The zero-order chi connectivity index (χ0) is 24.9. The van der Waals surface area contributed by atoms with Gasteiger partial charge in [0.05, 0.1) is 6.10 Å². The van der Waals surface area contributed by atoms with Crippen LogP contribution in [-0.4, -0.2) is 76.4 Å². The summed E-state index contributed by atoms with van der Waals surface area (Å²) in [7, 11) is 1.79. The molecule has 0 amide bonds. The van der Waals surface area contributed by atoms with Crippen LogP contribution in [0, 0.1) is 5.82 Å². The molecule has 4 heterocycles. The number of aromatic nitrogens is 4. The van der Waals surface area contributed by atoms with E-state index < -0.39 is 11.7 Å². The van der Waals surface area contributed by atoms with E-state index in [0.717, 1.165) is 64.7 Å². The molecule has 2 aromatic rings. The van der Waals surface area contributed by atoms with Crippen molar-refractivity contribution in [3.05, 3.63) is 23.4 Å². The van der Waals surface area contributed by atoms with Crippen LogP contribution in [0.3, 0.4) is 0 Å². The number of alkyl halides is 2. The van der Waals surface area contributed by atoms with Gasteiger partial charge in [-0.2, -0.15) is 9.49 Å². The molecule has 196 valence electrons. The second kappa shape index (κ2) is 9.48. The van der Waals surface area contributed by atoms with Crippen LogP contribution < -0.4 is 10.2 Å². The number of hydrogen-bond donors (Lipinski definition) is 2. The van der Waals surface area contributed by atoms with E-state index in [1.807, 2.05) is 4.90 Å². The highest BCUT2D eigenvalue weighted by atomic mass is 19.3. The second-order valence-electron chi connectivity index (χ2n) is 10.8. The van der Waals surface area contributed by atoms with Crippen LogP contribution in [0.1, 0.15) is 74.7 Å². The summed E-state index contributed by atoms with van der Waals surface area (Å²) in [6, 6.07) is 2.18. The van der Waals surface area contributed by atoms with Crippen molar-refractivity contribution in [2.75, 3.05) is 43.5 Å². The molecule has 8 nitrogen and oxygen atoms in total. The average molecular weight is 506 g/mol. The molecule has 2 N–H and O–H groups in total. The monoisotopic (exact) mass is 505 g/mol. The minimum atomic E-state index is -2.61. The lowest BCUT2D eigenvalue weighted by Gasteiger charge is -2.42. The summed E-state index contributed by atoms with van der Waals surface area (Å²) in [4.78, 5) is 13.7. The third-order valence-electron chi connectivity index (χ3n) is 8.26. The Bertz CT molecular complexity index is 1070.